The van der Waals surface area contributed by atoms with Crippen LogP contribution in [-0.2, 0) is 15.5 Å². The summed E-state index contributed by atoms with van der Waals surface area (Å²) in [5.74, 6) is -3.14. The third-order valence-corrected chi connectivity index (χ3v) is 8.13. The molecule has 1 fully saturated rings. The second-order valence-corrected chi connectivity index (χ2v) is 10.0. The van der Waals surface area contributed by atoms with Gasteiger partial charge in [-0.3, -0.25) is 4.79 Å². The summed E-state index contributed by atoms with van der Waals surface area (Å²) in [6, 6.07) is 5.65. The summed E-state index contributed by atoms with van der Waals surface area (Å²) >= 11 is 0. The molecule has 12 heteroatoms. The normalized spacial score (nSPS) is 29.2. The molecule has 0 radical (unpaired) electrons. The quantitative estimate of drug-likeness (QED) is 0.525. The fourth-order valence-electron chi connectivity index (χ4n) is 3.88. The van der Waals surface area contributed by atoms with Crippen molar-refractivity contribution in [3.63, 3.8) is 0 Å². The number of hydrogen-bond acceptors (Lipinski definition) is 8. The Morgan fingerprint density at radius 1 is 1.23 bits per heavy atom. The van der Waals surface area contributed by atoms with Gasteiger partial charge in [-0.05, 0) is 30.3 Å². The minimum atomic E-state index is -3.96. The topological polar surface area (TPSA) is 161 Å². The predicted octanol–water partition coefficient (Wildman–Crippen LogP) is 0.403. The second-order valence-electron chi connectivity index (χ2n) is 7.75. The minimum absolute atomic E-state index is 0.0808. The largest absolute Gasteiger partial charge is 0.393 e. The van der Waals surface area contributed by atoms with Gasteiger partial charge < -0.3 is 21.9 Å². The van der Waals surface area contributed by atoms with Crippen LogP contribution in [-0.4, -0.2) is 46.9 Å². The van der Waals surface area contributed by atoms with Gasteiger partial charge in [0, 0.05) is 24.1 Å². The van der Waals surface area contributed by atoms with Crippen LogP contribution in [0.5, 0.6) is 0 Å². The Morgan fingerprint density at radius 2 is 1.94 bits per heavy atom. The van der Waals surface area contributed by atoms with Gasteiger partial charge in [0.2, 0.25) is 0 Å². The van der Waals surface area contributed by atoms with E-state index < -0.39 is 49.6 Å². The van der Waals surface area contributed by atoms with Gasteiger partial charge in [-0.1, -0.05) is 0 Å². The molecule has 0 unspecified atom stereocenters. The first-order chi connectivity index (χ1) is 14.5. The van der Waals surface area contributed by atoms with E-state index in [0.717, 1.165) is 24.4 Å². The number of hydrogen-bond donors (Lipinski definition) is 4. The molecule has 1 aliphatic carbocycles. The number of halogens is 2. The lowest BCUT2D eigenvalue weighted by Crippen LogP contribution is -2.67. The third-order valence-electron chi connectivity index (χ3n) is 5.57. The van der Waals surface area contributed by atoms with Crippen molar-refractivity contribution in [1.29, 1.82) is 0 Å². The van der Waals surface area contributed by atoms with Gasteiger partial charge in [0.05, 0.1) is 18.1 Å². The highest BCUT2D eigenvalue weighted by atomic mass is 32.2. The minimum Gasteiger partial charge on any atom is -0.393 e. The molecule has 31 heavy (non-hydrogen) atoms. The zero-order valence-corrected chi connectivity index (χ0v) is 16.9. The van der Waals surface area contributed by atoms with E-state index in [4.69, 9.17) is 11.5 Å². The lowest BCUT2D eigenvalue weighted by Gasteiger charge is -2.48. The van der Waals surface area contributed by atoms with Crippen molar-refractivity contribution < 1.29 is 27.1 Å². The van der Waals surface area contributed by atoms with Crippen LogP contribution in [0.25, 0.3) is 0 Å². The van der Waals surface area contributed by atoms with Gasteiger partial charge in [0.1, 0.15) is 27.9 Å². The Morgan fingerprint density at radius 3 is 2.52 bits per heavy atom. The molecule has 9 nitrogen and oxygen atoms in total. The summed E-state index contributed by atoms with van der Waals surface area (Å²) in [7, 11) is -3.96. The lowest BCUT2D eigenvalue weighted by atomic mass is 9.80. The number of anilines is 1. The first kappa shape index (κ1) is 21.3. The average molecular weight is 451 g/mol. The van der Waals surface area contributed by atoms with Crippen LogP contribution in [0, 0.1) is 11.6 Å². The molecule has 2 aromatic rings. The molecule has 6 N–H and O–H groups in total. The van der Waals surface area contributed by atoms with Crippen LogP contribution in [0.3, 0.4) is 0 Å². The van der Waals surface area contributed by atoms with Crippen LogP contribution in [0.15, 0.2) is 41.5 Å². The zero-order chi connectivity index (χ0) is 22.6. The smallest absolute Gasteiger partial charge is 0.274 e. The molecule has 2 aliphatic rings. The Hall–Kier alpha value is -2.96. The molecule has 164 valence electrons. The van der Waals surface area contributed by atoms with Crippen LogP contribution >= 0.6 is 0 Å². The maximum absolute atomic E-state index is 14.6. The number of nitrogens with one attached hydrogen (secondary N) is 1. The Bertz CT molecular complexity index is 1200. The molecule has 1 spiro atoms. The summed E-state index contributed by atoms with van der Waals surface area (Å²) in [5.41, 5.74) is 9.84. The summed E-state index contributed by atoms with van der Waals surface area (Å²) in [4.78, 5) is 20.1. The number of benzene rings is 1. The molecule has 2 heterocycles. The zero-order valence-electron chi connectivity index (χ0n) is 16.0. The van der Waals surface area contributed by atoms with Crippen molar-refractivity contribution in [2.24, 2.45) is 16.5 Å². The number of nitrogens with zero attached hydrogens (tertiary/aromatic N) is 2. The number of pyridine rings is 1. The number of aliphatic hydroxyl groups excluding tert-OH is 1. The van der Waals surface area contributed by atoms with Gasteiger partial charge >= 0.3 is 0 Å². The highest BCUT2D eigenvalue weighted by Crippen LogP contribution is 2.46. The van der Waals surface area contributed by atoms with E-state index in [-0.39, 0.29) is 35.6 Å². The second kappa shape index (κ2) is 7.04. The number of sulfone groups is 1. The molecule has 4 rings (SSSR count). The SMILES string of the molecule is NC1=N[C@](N)(c2cc(NC(=O)c3ccc(F)cn3)ccc2F)CS(=O)(=O)C12CC(O)C2. The number of rotatable bonds is 3. The lowest BCUT2D eigenvalue weighted by molar-refractivity contribution is 0.0784. The highest BCUT2D eigenvalue weighted by molar-refractivity contribution is 7.93. The third kappa shape index (κ3) is 3.46. The molecule has 1 atom stereocenters. The molecule has 1 aromatic carbocycles. The molecular formula is C19H19F2N5O4S. The predicted molar refractivity (Wildman–Crippen MR) is 108 cm³/mol. The van der Waals surface area contributed by atoms with Crippen molar-refractivity contribution in [1.82, 2.24) is 4.98 Å². The van der Waals surface area contributed by atoms with Crippen LogP contribution in [0.1, 0.15) is 28.9 Å². The van der Waals surface area contributed by atoms with Crippen molar-refractivity contribution in [2.75, 3.05) is 11.1 Å². The van der Waals surface area contributed by atoms with Gasteiger partial charge in [-0.2, -0.15) is 0 Å². The molecule has 1 aromatic heterocycles. The molecule has 1 amide bonds. The fraction of sp³-hybridized carbons (Fsp3) is 0.316. The number of aliphatic hydroxyl groups is 1. The Labute approximate surface area is 176 Å². The molecule has 1 saturated carbocycles. The van der Waals surface area contributed by atoms with Gasteiger partial charge in [0.25, 0.3) is 5.91 Å². The Kier molecular flexibility index (Phi) is 4.83. The monoisotopic (exact) mass is 451 g/mol. The van der Waals surface area contributed by atoms with Crippen LogP contribution in [0.2, 0.25) is 0 Å². The fourth-order valence-corrected chi connectivity index (χ4v) is 6.21. The molecular weight excluding hydrogens is 432 g/mol. The number of aromatic nitrogens is 1. The molecule has 0 saturated heterocycles. The van der Waals surface area contributed by atoms with Gasteiger partial charge in [-0.25, -0.2) is 27.2 Å². The standard InChI is InChI=1S/C19H19F2N5O4S/c20-10-1-4-15(24-8-10)16(28)25-11-2-3-14(21)13(5-11)19(23)9-31(29,30)18(17(22)26-19)6-12(27)7-18/h1-5,8,12,27H,6-7,9,23H2,(H2,22,26)(H,25,28)/t12?,18?,19-/m0/s1. The number of amides is 1. The van der Waals surface area contributed by atoms with E-state index in [1.54, 1.807) is 0 Å². The maximum Gasteiger partial charge on any atom is 0.274 e. The maximum atomic E-state index is 14.6. The van der Waals surface area contributed by atoms with E-state index in [1.807, 2.05) is 0 Å². The average Bonchev–Trinajstić information content (AvgIpc) is 2.65. The Balaban J connectivity index is 1.68. The van der Waals surface area contributed by atoms with Crippen molar-refractivity contribution >= 4 is 27.3 Å². The number of nitrogens with two attached hydrogens (primary N) is 2. The van der Waals surface area contributed by atoms with Crippen LogP contribution in [0.4, 0.5) is 14.5 Å². The van der Waals surface area contributed by atoms with Gasteiger partial charge in [-0.15, -0.1) is 0 Å². The van der Waals surface area contributed by atoms with Crippen molar-refractivity contribution in [3.8, 4) is 0 Å². The van der Waals surface area contributed by atoms with Gasteiger partial charge in [0.15, 0.2) is 15.5 Å². The van der Waals surface area contributed by atoms with E-state index in [9.17, 15) is 27.1 Å². The van der Waals surface area contributed by atoms with E-state index >= 15 is 0 Å². The summed E-state index contributed by atoms with van der Waals surface area (Å²) in [5, 5.41) is 12.1. The summed E-state index contributed by atoms with van der Waals surface area (Å²) in [6.45, 7) is 0. The summed E-state index contributed by atoms with van der Waals surface area (Å²) < 4.78 is 52.0. The van der Waals surface area contributed by atoms with Crippen LogP contribution < -0.4 is 16.8 Å². The first-order valence-corrected chi connectivity index (χ1v) is 10.9. The number of amidine groups is 1. The van der Waals surface area contributed by atoms with Crippen molar-refractivity contribution in [2.45, 2.75) is 29.4 Å². The molecule has 1 aliphatic heterocycles. The highest BCUT2D eigenvalue weighted by Gasteiger charge is 2.61. The molecule has 0 bridgehead atoms. The number of aliphatic imine (C=N–C) groups is 1. The van der Waals surface area contributed by atoms with E-state index in [2.05, 4.69) is 15.3 Å². The first-order valence-electron chi connectivity index (χ1n) is 9.24. The number of carbonyl (C=O) groups excluding carboxylic acids is 1. The summed E-state index contributed by atoms with van der Waals surface area (Å²) in [6.07, 6.45) is -0.130. The van der Waals surface area contributed by atoms with E-state index in [1.165, 1.54) is 12.1 Å². The van der Waals surface area contributed by atoms with E-state index in [0.29, 0.717) is 0 Å². The number of carbonyl (C=O) groups is 1. The van der Waals surface area contributed by atoms with Crippen molar-refractivity contribution in [3.05, 3.63) is 59.4 Å².